The summed E-state index contributed by atoms with van der Waals surface area (Å²) >= 11 is 0. The largest absolute Gasteiger partial charge is 0.489 e. The van der Waals surface area contributed by atoms with E-state index in [1.807, 2.05) is 0 Å². The van der Waals surface area contributed by atoms with E-state index >= 15 is 0 Å². The van der Waals surface area contributed by atoms with E-state index in [1.165, 1.54) is 12.1 Å². The van der Waals surface area contributed by atoms with Crippen LogP contribution in [-0.2, 0) is 4.74 Å². The SMILES string of the molecule is CC(NCCOc1ccc(F)cc1F)C1CCCO1. The van der Waals surface area contributed by atoms with Crippen LogP contribution < -0.4 is 10.1 Å². The van der Waals surface area contributed by atoms with Crippen molar-refractivity contribution in [1.29, 1.82) is 0 Å². The quantitative estimate of drug-likeness (QED) is 0.806. The van der Waals surface area contributed by atoms with Gasteiger partial charge in [-0.15, -0.1) is 0 Å². The summed E-state index contributed by atoms with van der Waals surface area (Å²) in [6, 6.07) is 3.55. The van der Waals surface area contributed by atoms with E-state index in [-0.39, 0.29) is 17.9 Å². The Labute approximate surface area is 111 Å². The molecule has 19 heavy (non-hydrogen) atoms. The Balaban J connectivity index is 1.68. The van der Waals surface area contributed by atoms with Crippen molar-refractivity contribution in [1.82, 2.24) is 5.32 Å². The van der Waals surface area contributed by atoms with Crippen molar-refractivity contribution >= 4 is 0 Å². The number of ether oxygens (including phenoxy) is 2. The third-order valence-electron chi connectivity index (χ3n) is 3.24. The van der Waals surface area contributed by atoms with Crippen LogP contribution in [0.4, 0.5) is 8.78 Å². The van der Waals surface area contributed by atoms with Gasteiger partial charge in [-0.3, -0.25) is 0 Å². The molecule has 0 amide bonds. The van der Waals surface area contributed by atoms with Gasteiger partial charge in [-0.2, -0.15) is 0 Å². The predicted molar refractivity (Wildman–Crippen MR) is 68.3 cm³/mol. The second-order valence-corrected chi connectivity index (χ2v) is 4.72. The lowest BCUT2D eigenvalue weighted by atomic mass is 10.1. The smallest absolute Gasteiger partial charge is 0.167 e. The molecule has 2 rings (SSSR count). The molecule has 2 unspecified atom stereocenters. The first kappa shape index (κ1) is 14.2. The average Bonchev–Trinajstić information content (AvgIpc) is 2.90. The van der Waals surface area contributed by atoms with E-state index < -0.39 is 11.6 Å². The molecule has 1 N–H and O–H groups in total. The van der Waals surface area contributed by atoms with Crippen LogP contribution in [0.25, 0.3) is 0 Å². The second kappa shape index (κ2) is 6.82. The monoisotopic (exact) mass is 271 g/mol. The van der Waals surface area contributed by atoms with Gasteiger partial charge < -0.3 is 14.8 Å². The standard InChI is InChI=1S/C14H19F2NO2/c1-10(13-3-2-7-18-13)17-6-8-19-14-5-4-11(15)9-12(14)16/h4-5,9-10,13,17H,2-3,6-8H2,1H3. The highest BCUT2D eigenvalue weighted by Crippen LogP contribution is 2.17. The minimum Gasteiger partial charge on any atom is -0.489 e. The molecule has 0 bridgehead atoms. The number of halogens is 2. The van der Waals surface area contributed by atoms with Crippen molar-refractivity contribution < 1.29 is 18.3 Å². The highest BCUT2D eigenvalue weighted by atomic mass is 19.1. The fraction of sp³-hybridized carbons (Fsp3) is 0.571. The van der Waals surface area contributed by atoms with Crippen LogP contribution in [0.15, 0.2) is 18.2 Å². The molecule has 1 aliphatic rings. The number of hydrogen-bond donors (Lipinski definition) is 1. The summed E-state index contributed by atoms with van der Waals surface area (Å²) in [5.74, 6) is -1.20. The summed E-state index contributed by atoms with van der Waals surface area (Å²) in [6.07, 6.45) is 2.43. The Hall–Kier alpha value is -1.20. The van der Waals surface area contributed by atoms with Crippen LogP contribution in [0.1, 0.15) is 19.8 Å². The molecule has 5 heteroatoms. The van der Waals surface area contributed by atoms with Gasteiger partial charge in [0, 0.05) is 25.3 Å². The summed E-state index contributed by atoms with van der Waals surface area (Å²) in [7, 11) is 0. The van der Waals surface area contributed by atoms with Crippen molar-refractivity contribution in [2.24, 2.45) is 0 Å². The van der Waals surface area contributed by atoms with Crippen molar-refractivity contribution in [2.75, 3.05) is 19.8 Å². The molecule has 0 saturated carbocycles. The Morgan fingerprint density at radius 2 is 2.32 bits per heavy atom. The Morgan fingerprint density at radius 1 is 1.47 bits per heavy atom. The number of benzene rings is 1. The van der Waals surface area contributed by atoms with E-state index in [9.17, 15) is 8.78 Å². The molecule has 106 valence electrons. The summed E-state index contributed by atoms with van der Waals surface area (Å²) in [6.45, 7) is 3.82. The van der Waals surface area contributed by atoms with Crippen molar-refractivity contribution in [3.8, 4) is 5.75 Å². The lowest BCUT2D eigenvalue weighted by molar-refractivity contribution is 0.0824. The van der Waals surface area contributed by atoms with Gasteiger partial charge in [-0.1, -0.05) is 0 Å². The van der Waals surface area contributed by atoms with E-state index in [4.69, 9.17) is 9.47 Å². The van der Waals surface area contributed by atoms with Crippen molar-refractivity contribution in [3.05, 3.63) is 29.8 Å². The van der Waals surface area contributed by atoms with Gasteiger partial charge in [0.15, 0.2) is 11.6 Å². The molecule has 1 aromatic carbocycles. The Morgan fingerprint density at radius 3 is 3.00 bits per heavy atom. The second-order valence-electron chi connectivity index (χ2n) is 4.72. The van der Waals surface area contributed by atoms with Gasteiger partial charge in [0.2, 0.25) is 0 Å². The molecule has 2 atom stereocenters. The minimum atomic E-state index is -0.674. The van der Waals surface area contributed by atoms with Crippen molar-refractivity contribution in [2.45, 2.75) is 31.9 Å². The topological polar surface area (TPSA) is 30.5 Å². The molecule has 1 aliphatic heterocycles. The van der Waals surface area contributed by atoms with Crippen LogP contribution in [-0.4, -0.2) is 31.9 Å². The molecule has 3 nitrogen and oxygen atoms in total. The highest BCUT2D eigenvalue weighted by Gasteiger charge is 2.21. The molecule has 0 aromatic heterocycles. The van der Waals surface area contributed by atoms with Gasteiger partial charge in [-0.25, -0.2) is 8.78 Å². The first-order valence-corrected chi connectivity index (χ1v) is 6.59. The van der Waals surface area contributed by atoms with E-state index in [0.717, 1.165) is 25.5 Å². The summed E-state index contributed by atoms with van der Waals surface area (Å²) in [5.41, 5.74) is 0. The van der Waals surface area contributed by atoms with E-state index in [0.29, 0.717) is 13.2 Å². The normalized spacial score (nSPS) is 20.5. The number of hydrogen-bond acceptors (Lipinski definition) is 3. The first-order valence-electron chi connectivity index (χ1n) is 6.59. The number of nitrogens with one attached hydrogen (secondary N) is 1. The third kappa shape index (κ3) is 4.14. The summed E-state index contributed by atoms with van der Waals surface area (Å²) in [4.78, 5) is 0. The maximum atomic E-state index is 13.3. The zero-order chi connectivity index (χ0) is 13.7. The van der Waals surface area contributed by atoms with Crippen LogP contribution >= 0.6 is 0 Å². The van der Waals surface area contributed by atoms with Gasteiger partial charge in [0.25, 0.3) is 0 Å². The summed E-state index contributed by atoms with van der Waals surface area (Å²) < 4.78 is 36.8. The minimum absolute atomic E-state index is 0.0768. The highest BCUT2D eigenvalue weighted by molar-refractivity contribution is 5.24. The molecule has 1 aromatic rings. The van der Waals surface area contributed by atoms with Gasteiger partial charge >= 0.3 is 0 Å². The van der Waals surface area contributed by atoms with Crippen LogP contribution in [0.5, 0.6) is 5.75 Å². The molecule has 0 spiro atoms. The fourth-order valence-corrected chi connectivity index (χ4v) is 2.17. The zero-order valence-corrected chi connectivity index (χ0v) is 11.0. The van der Waals surface area contributed by atoms with Gasteiger partial charge in [-0.05, 0) is 31.9 Å². The van der Waals surface area contributed by atoms with Crippen LogP contribution in [0.3, 0.4) is 0 Å². The van der Waals surface area contributed by atoms with Gasteiger partial charge in [0.05, 0.1) is 6.10 Å². The molecule has 1 fully saturated rings. The Kier molecular flexibility index (Phi) is 5.10. The first-order chi connectivity index (χ1) is 9.16. The van der Waals surface area contributed by atoms with E-state index in [2.05, 4.69) is 12.2 Å². The third-order valence-corrected chi connectivity index (χ3v) is 3.24. The summed E-state index contributed by atoms with van der Waals surface area (Å²) in [5, 5.41) is 3.28. The van der Waals surface area contributed by atoms with Crippen molar-refractivity contribution in [3.63, 3.8) is 0 Å². The maximum absolute atomic E-state index is 13.3. The molecule has 0 radical (unpaired) electrons. The molecule has 1 saturated heterocycles. The molecular weight excluding hydrogens is 252 g/mol. The van der Waals surface area contributed by atoms with Crippen LogP contribution in [0.2, 0.25) is 0 Å². The molecule has 0 aliphatic carbocycles. The lowest BCUT2D eigenvalue weighted by Gasteiger charge is -2.20. The molecule has 1 heterocycles. The maximum Gasteiger partial charge on any atom is 0.167 e. The lowest BCUT2D eigenvalue weighted by Crippen LogP contribution is -2.39. The zero-order valence-electron chi connectivity index (χ0n) is 11.0. The fourth-order valence-electron chi connectivity index (χ4n) is 2.17. The number of rotatable bonds is 6. The average molecular weight is 271 g/mol. The Bertz CT molecular complexity index is 408. The molecular formula is C14H19F2NO2. The van der Waals surface area contributed by atoms with Gasteiger partial charge in [0.1, 0.15) is 12.4 Å². The van der Waals surface area contributed by atoms with Crippen LogP contribution in [0, 0.1) is 11.6 Å². The predicted octanol–water partition coefficient (Wildman–Crippen LogP) is 2.50. The van der Waals surface area contributed by atoms with E-state index in [1.54, 1.807) is 0 Å².